The molecule has 0 bridgehead atoms. The van der Waals surface area contributed by atoms with E-state index in [1.165, 1.54) is 28.4 Å². The molecular weight excluding hydrogens is 458 g/mol. The molecule has 1 amide bonds. The number of ketones is 1. The Morgan fingerprint density at radius 3 is 2.40 bits per heavy atom. The Morgan fingerprint density at radius 1 is 1.14 bits per heavy atom. The zero-order valence-corrected chi connectivity index (χ0v) is 22.9. The minimum Gasteiger partial charge on any atom is -0.378 e. The first kappa shape index (κ1) is 26.9. The average molecular weight is 498 g/mol. The highest BCUT2D eigenvalue weighted by molar-refractivity contribution is 7.07. The molecule has 3 atom stereocenters. The van der Waals surface area contributed by atoms with Gasteiger partial charge in [0.05, 0.1) is 4.53 Å². The van der Waals surface area contributed by atoms with Crippen LogP contribution in [0.1, 0.15) is 59.4 Å². The van der Waals surface area contributed by atoms with Crippen LogP contribution < -0.4 is 25.0 Å². The fourth-order valence-electron chi connectivity index (χ4n) is 4.32. The van der Waals surface area contributed by atoms with Crippen molar-refractivity contribution in [2.75, 3.05) is 19.0 Å². The number of hydrogen-bond donors (Lipinski definition) is 1. The number of hydrogen-bond acceptors (Lipinski definition) is 5. The number of anilines is 1. The fourth-order valence-corrected chi connectivity index (χ4v) is 5.36. The van der Waals surface area contributed by atoms with Gasteiger partial charge in [0.15, 0.2) is 5.78 Å². The highest BCUT2D eigenvalue weighted by Crippen LogP contribution is 2.29. The summed E-state index contributed by atoms with van der Waals surface area (Å²) < 4.78 is 2.45. The summed E-state index contributed by atoms with van der Waals surface area (Å²) in [5.41, 5.74) is 1.13. The van der Waals surface area contributed by atoms with Crippen LogP contribution in [0.2, 0.25) is 0 Å². The van der Waals surface area contributed by atoms with E-state index in [-0.39, 0.29) is 29.8 Å². The first-order valence-corrected chi connectivity index (χ1v) is 13.2. The van der Waals surface area contributed by atoms with E-state index in [9.17, 15) is 14.4 Å². The van der Waals surface area contributed by atoms with Gasteiger partial charge in [-0.3, -0.25) is 19.0 Å². The molecule has 1 fully saturated rings. The molecule has 2 aromatic rings. The Morgan fingerprint density at radius 2 is 1.80 bits per heavy atom. The van der Waals surface area contributed by atoms with Gasteiger partial charge in [0, 0.05) is 37.3 Å². The van der Waals surface area contributed by atoms with Crippen molar-refractivity contribution in [3.63, 3.8) is 0 Å². The predicted molar refractivity (Wildman–Crippen MR) is 145 cm³/mol. The van der Waals surface area contributed by atoms with Gasteiger partial charge in [-0.15, -0.1) is 11.3 Å². The van der Waals surface area contributed by atoms with E-state index in [0.29, 0.717) is 21.0 Å². The monoisotopic (exact) mass is 497 g/mol. The number of carbonyl (C=O) groups excluding carboxylic acids is 2. The Bertz CT molecular complexity index is 1230. The van der Waals surface area contributed by atoms with Gasteiger partial charge in [-0.1, -0.05) is 59.6 Å². The summed E-state index contributed by atoms with van der Waals surface area (Å²) in [6.45, 7) is 9.86. The van der Waals surface area contributed by atoms with Crippen molar-refractivity contribution in [2.24, 2.45) is 17.3 Å². The van der Waals surface area contributed by atoms with Gasteiger partial charge in [-0.05, 0) is 42.0 Å². The highest BCUT2D eigenvalue weighted by Gasteiger charge is 2.28. The summed E-state index contributed by atoms with van der Waals surface area (Å²) in [6.07, 6.45) is 6.57. The molecule has 190 valence electrons. The maximum atomic E-state index is 13.4. The van der Waals surface area contributed by atoms with Crippen LogP contribution in [0.4, 0.5) is 5.69 Å². The van der Waals surface area contributed by atoms with Crippen LogP contribution in [0, 0.1) is 17.3 Å². The lowest BCUT2D eigenvalue weighted by atomic mass is 9.78. The molecule has 1 aliphatic carbocycles. The number of nitrogens with one attached hydrogen (secondary N) is 1. The van der Waals surface area contributed by atoms with Gasteiger partial charge in [0.25, 0.3) is 5.56 Å². The van der Waals surface area contributed by atoms with E-state index in [0.717, 1.165) is 24.1 Å². The number of benzene rings is 1. The predicted octanol–water partition coefficient (Wildman–Crippen LogP) is 3.14. The second-order valence-electron chi connectivity index (χ2n) is 11.0. The highest BCUT2D eigenvalue weighted by atomic mass is 32.1. The molecule has 0 spiro atoms. The van der Waals surface area contributed by atoms with Crippen molar-refractivity contribution >= 4 is 40.9 Å². The van der Waals surface area contributed by atoms with Crippen LogP contribution in [0.15, 0.2) is 29.1 Å². The lowest BCUT2D eigenvalue weighted by Gasteiger charge is -2.34. The standard InChI is InChI=1S/C28H39N3O3S/c1-18-9-8-10-22(19(18)2)29-25(33)17-31-26(16-24(32)28(3,4)5)35-23(27(31)34)15-20-11-13-21(14-12-20)30(6)7/h11-16,18-19,22H,8-10,17H2,1-7H3,(H,29,33)/b23-15+,26-16-/t18-,19+,22+/m0/s1. The molecule has 1 aromatic carbocycles. The minimum absolute atomic E-state index is 0.0791. The molecule has 1 saturated carbocycles. The second-order valence-corrected chi connectivity index (χ2v) is 12.1. The van der Waals surface area contributed by atoms with Crippen LogP contribution in [0.25, 0.3) is 12.2 Å². The number of amides is 1. The minimum atomic E-state index is -0.577. The smallest absolute Gasteiger partial charge is 0.269 e. The maximum absolute atomic E-state index is 13.4. The SMILES string of the molecule is C[C@@H]1[C@@H](C)CCC[C@H]1NC(=O)Cn1c(=O)/c(=C\c2ccc(N(C)C)cc2)s/c1=C\C(=O)C(C)(C)C. The third kappa shape index (κ3) is 6.72. The van der Waals surface area contributed by atoms with Crippen LogP contribution in [-0.2, 0) is 16.1 Å². The van der Waals surface area contributed by atoms with Crippen molar-refractivity contribution in [1.82, 2.24) is 9.88 Å². The number of nitrogens with zero attached hydrogens (tertiary/aromatic N) is 2. The van der Waals surface area contributed by atoms with Crippen LogP contribution in [-0.4, -0.2) is 36.4 Å². The molecule has 0 aliphatic heterocycles. The van der Waals surface area contributed by atoms with Crippen molar-refractivity contribution < 1.29 is 9.59 Å². The maximum Gasteiger partial charge on any atom is 0.269 e. The Balaban J connectivity index is 1.98. The number of carbonyl (C=O) groups is 2. The van der Waals surface area contributed by atoms with Gasteiger partial charge in [0.1, 0.15) is 11.2 Å². The summed E-state index contributed by atoms with van der Waals surface area (Å²) in [4.78, 5) is 41.2. The van der Waals surface area contributed by atoms with Crippen molar-refractivity contribution in [3.8, 4) is 0 Å². The van der Waals surface area contributed by atoms with E-state index in [2.05, 4.69) is 19.2 Å². The van der Waals surface area contributed by atoms with Crippen molar-refractivity contribution in [1.29, 1.82) is 0 Å². The summed E-state index contributed by atoms with van der Waals surface area (Å²) in [6, 6.07) is 8.02. The van der Waals surface area contributed by atoms with Crippen LogP contribution in [0.3, 0.4) is 0 Å². The molecule has 1 N–H and O–H groups in total. The van der Waals surface area contributed by atoms with Crippen LogP contribution in [0.5, 0.6) is 0 Å². The molecule has 1 aromatic heterocycles. The topological polar surface area (TPSA) is 71.4 Å². The molecule has 7 heteroatoms. The number of thiazole rings is 1. The first-order valence-electron chi connectivity index (χ1n) is 12.4. The normalized spacial score (nSPS) is 21.7. The summed E-state index contributed by atoms with van der Waals surface area (Å²) in [5.74, 6) is 0.695. The Labute approximate surface area is 212 Å². The molecule has 35 heavy (non-hydrogen) atoms. The quantitative estimate of drug-likeness (QED) is 0.666. The number of Topliss-reactive ketones (excluding diaryl/α,β-unsaturated/α-hetero) is 1. The van der Waals surface area contributed by atoms with Crippen LogP contribution >= 0.6 is 11.3 Å². The van der Waals surface area contributed by atoms with E-state index >= 15 is 0 Å². The Hall–Kier alpha value is -2.67. The van der Waals surface area contributed by atoms with Gasteiger partial charge in [-0.2, -0.15) is 0 Å². The van der Waals surface area contributed by atoms with E-state index in [1.807, 2.05) is 70.1 Å². The second kappa shape index (κ2) is 10.9. The zero-order valence-electron chi connectivity index (χ0n) is 22.1. The fraction of sp³-hybridized carbons (Fsp3) is 0.536. The summed E-state index contributed by atoms with van der Waals surface area (Å²) in [5, 5.41) is 3.15. The average Bonchev–Trinajstić information content (AvgIpc) is 3.05. The Kier molecular flexibility index (Phi) is 8.42. The number of aromatic nitrogens is 1. The van der Waals surface area contributed by atoms with Gasteiger partial charge in [-0.25, -0.2) is 0 Å². The third-order valence-electron chi connectivity index (χ3n) is 6.99. The summed E-state index contributed by atoms with van der Waals surface area (Å²) in [7, 11) is 3.95. The third-order valence-corrected chi connectivity index (χ3v) is 8.05. The lowest BCUT2D eigenvalue weighted by molar-refractivity contribution is -0.123. The molecule has 6 nitrogen and oxygen atoms in total. The molecule has 0 unspecified atom stereocenters. The van der Waals surface area contributed by atoms with Crippen molar-refractivity contribution in [2.45, 2.75) is 66.5 Å². The largest absolute Gasteiger partial charge is 0.378 e. The molecule has 1 aliphatic rings. The summed E-state index contributed by atoms with van der Waals surface area (Å²) >= 11 is 1.25. The lowest BCUT2D eigenvalue weighted by Crippen LogP contribution is -2.46. The van der Waals surface area contributed by atoms with E-state index in [1.54, 1.807) is 0 Å². The molecule has 0 saturated heterocycles. The first-order chi connectivity index (χ1) is 16.4. The molecule has 3 rings (SSSR count). The van der Waals surface area contributed by atoms with E-state index < -0.39 is 5.41 Å². The van der Waals surface area contributed by atoms with Crippen molar-refractivity contribution in [3.05, 3.63) is 49.4 Å². The molecular formula is C28H39N3O3S. The van der Waals surface area contributed by atoms with Gasteiger partial charge in [0.2, 0.25) is 5.91 Å². The molecule has 1 heterocycles. The zero-order chi connectivity index (χ0) is 25.9. The van der Waals surface area contributed by atoms with Gasteiger partial charge >= 0.3 is 0 Å². The van der Waals surface area contributed by atoms with E-state index in [4.69, 9.17) is 0 Å². The number of rotatable bonds is 6. The van der Waals surface area contributed by atoms with Gasteiger partial charge < -0.3 is 10.2 Å². The molecule has 0 radical (unpaired) electrons.